The Morgan fingerprint density at radius 3 is 2.48 bits per heavy atom. The number of ether oxygens (including phenoxy) is 1. The smallest absolute Gasteiger partial charge is 0.123 e. The van der Waals surface area contributed by atoms with Gasteiger partial charge in [0.05, 0.1) is 6.61 Å². The monoisotopic (exact) mass is 313 g/mol. The fraction of sp³-hybridized carbons (Fsp3) is 0.400. The number of aliphatic hydroxyl groups is 1. The molecule has 0 amide bonds. The summed E-state index contributed by atoms with van der Waals surface area (Å²) in [6.45, 7) is 9.74. The number of hydrogen-bond donors (Lipinski definition) is 2. The first kappa shape index (κ1) is 17.5. The Labute approximate surface area is 139 Å². The van der Waals surface area contributed by atoms with E-state index in [-0.39, 0.29) is 12.6 Å². The standard InChI is InChI=1S/C20H27NO2/c1-14-11-16(3)19(12-15(14)2)17(4)21-13-18-7-5-6-8-20(18)23-10-9-22/h5-8,11-12,17,21-22H,9-10,13H2,1-4H3. The van der Waals surface area contributed by atoms with Crippen molar-refractivity contribution in [3.63, 3.8) is 0 Å². The van der Waals surface area contributed by atoms with Crippen molar-refractivity contribution in [2.24, 2.45) is 0 Å². The van der Waals surface area contributed by atoms with E-state index in [1.807, 2.05) is 18.2 Å². The van der Waals surface area contributed by atoms with Gasteiger partial charge >= 0.3 is 0 Å². The third-order valence-electron chi connectivity index (χ3n) is 4.27. The van der Waals surface area contributed by atoms with E-state index >= 15 is 0 Å². The summed E-state index contributed by atoms with van der Waals surface area (Å²) in [5.74, 6) is 0.832. The molecule has 0 aliphatic carbocycles. The number of aliphatic hydroxyl groups excluding tert-OH is 1. The Bertz CT molecular complexity index is 652. The van der Waals surface area contributed by atoms with Crippen LogP contribution in [0.15, 0.2) is 36.4 Å². The molecule has 0 fully saturated rings. The predicted molar refractivity (Wildman–Crippen MR) is 94.9 cm³/mol. The number of aryl methyl sites for hydroxylation is 3. The molecule has 0 saturated heterocycles. The molecule has 0 radical (unpaired) electrons. The Hall–Kier alpha value is -1.84. The van der Waals surface area contributed by atoms with Crippen molar-refractivity contribution in [3.8, 4) is 5.75 Å². The van der Waals surface area contributed by atoms with E-state index in [1.165, 1.54) is 22.3 Å². The van der Waals surface area contributed by atoms with E-state index in [0.717, 1.165) is 17.9 Å². The topological polar surface area (TPSA) is 41.5 Å². The fourth-order valence-corrected chi connectivity index (χ4v) is 2.77. The molecule has 0 aromatic heterocycles. The van der Waals surface area contributed by atoms with Crippen molar-refractivity contribution in [1.82, 2.24) is 5.32 Å². The van der Waals surface area contributed by atoms with Crippen molar-refractivity contribution in [3.05, 3.63) is 64.2 Å². The number of para-hydroxylation sites is 1. The van der Waals surface area contributed by atoms with E-state index in [4.69, 9.17) is 9.84 Å². The quantitative estimate of drug-likeness (QED) is 0.816. The van der Waals surface area contributed by atoms with Crippen LogP contribution in [0.25, 0.3) is 0 Å². The van der Waals surface area contributed by atoms with E-state index in [2.05, 4.69) is 51.2 Å². The molecule has 3 heteroatoms. The molecule has 0 saturated carbocycles. The fourth-order valence-electron chi connectivity index (χ4n) is 2.77. The highest BCUT2D eigenvalue weighted by Crippen LogP contribution is 2.23. The zero-order valence-electron chi connectivity index (χ0n) is 14.5. The molecule has 0 aliphatic heterocycles. The van der Waals surface area contributed by atoms with Crippen molar-refractivity contribution in [1.29, 1.82) is 0 Å². The maximum atomic E-state index is 8.92. The minimum absolute atomic E-state index is 0.0278. The molecule has 0 bridgehead atoms. The van der Waals surface area contributed by atoms with Crippen molar-refractivity contribution in [2.45, 2.75) is 40.3 Å². The molecular weight excluding hydrogens is 286 g/mol. The average Bonchev–Trinajstić information content (AvgIpc) is 2.54. The second-order valence-corrected chi connectivity index (χ2v) is 6.08. The van der Waals surface area contributed by atoms with Crippen molar-refractivity contribution >= 4 is 0 Å². The van der Waals surface area contributed by atoms with Crippen LogP contribution in [0.5, 0.6) is 5.75 Å². The highest BCUT2D eigenvalue weighted by atomic mass is 16.5. The largest absolute Gasteiger partial charge is 0.491 e. The molecule has 0 heterocycles. The Morgan fingerprint density at radius 2 is 1.74 bits per heavy atom. The average molecular weight is 313 g/mol. The summed E-state index contributed by atoms with van der Waals surface area (Å²) in [4.78, 5) is 0. The van der Waals surface area contributed by atoms with Gasteiger partial charge in [0.2, 0.25) is 0 Å². The normalized spacial score (nSPS) is 12.2. The number of hydrogen-bond acceptors (Lipinski definition) is 3. The first-order valence-corrected chi connectivity index (χ1v) is 8.15. The predicted octanol–water partition coefficient (Wildman–Crippen LogP) is 3.83. The molecule has 2 N–H and O–H groups in total. The summed E-state index contributed by atoms with van der Waals surface area (Å²) >= 11 is 0. The van der Waals surface area contributed by atoms with Gasteiger partial charge in [-0.15, -0.1) is 0 Å². The van der Waals surface area contributed by atoms with Gasteiger partial charge in [-0.3, -0.25) is 0 Å². The number of nitrogens with one attached hydrogen (secondary N) is 1. The number of benzene rings is 2. The molecule has 3 nitrogen and oxygen atoms in total. The summed E-state index contributed by atoms with van der Waals surface area (Å²) < 4.78 is 5.59. The van der Waals surface area contributed by atoms with Crippen LogP contribution < -0.4 is 10.1 Å². The SMILES string of the molecule is Cc1cc(C)c(C(C)NCc2ccccc2OCCO)cc1C. The van der Waals surface area contributed by atoms with Crippen LogP contribution in [0.2, 0.25) is 0 Å². The van der Waals surface area contributed by atoms with Crippen LogP contribution in [0.3, 0.4) is 0 Å². The van der Waals surface area contributed by atoms with Gasteiger partial charge in [0, 0.05) is 18.2 Å². The second-order valence-electron chi connectivity index (χ2n) is 6.08. The lowest BCUT2D eigenvalue weighted by Gasteiger charge is -2.19. The van der Waals surface area contributed by atoms with Gasteiger partial charge in [0.1, 0.15) is 12.4 Å². The molecule has 0 spiro atoms. The van der Waals surface area contributed by atoms with Gasteiger partial charge in [-0.25, -0.2) is 0 Å². The van der Waals surface area contributed by atoms with Crippen LogP contribution in [0.4, 0.5) is 0 Å². The van der Waals surface area contributed by atoms with E-state index < -0.39 is 0 Å². The van der Waals surface area contributed by atoms with Crippen LogP contribution in [-0.4, -0.2) is 18.3 Å². The highest BCUT2D eigenvalue weighted by molar-refractivity contribution is 5.38. The summed E-state index contributed by atoms with van der Waals surface area (Å²) in [5.41, 5.74) is 6.42. The van der Waals surface area contributed by atoms with Gasteiger partial charge in [0.25, 0.3) is 0 Å². The highest BCUT2D eigenvalue weighted by Gasteiger charge is 2.11. The first-order valence-electron chi connectivity index (χ1n) is 8.15. The van der Waals surface area contributed by atoms with Crippen LogP contribution in [0.1, 0.15) is 40.8 Å². The molecule has 0 aliphatic rings. The molecule has 2 rings (SSSR count). The Morgan fingerprint density at radius 1 is 1.04 bits per heavy atom. The molecule has 124 valence electrons. The molecule has 2 aromatic carbocycles. The van der Waals surface area contributed by atoms with Gasteiger partial charge in [-0.05, 0) is 56.0 Å². The van der Waals surface area contributed by atoms with Gasteiger partial charge in [0.15, 0.2) is 0 Å². The third kappa shape index (κ3) is 4.57. The summed E-state index contributed by atoms with van der Waals surface area (Å²) in [6, 6.07) is 12.7. The van der Waals surface area contributed by atoms with Crippen molar-refractivity contribution in [2.75, 3.05) is 13.2 Å². The van der Waals surface area contributed by atoms with Crippen LogP contribution in [0, 0.1) is 20.8 Å². The molecular formula is C20H27NO2. The maximum absolute atomic E-state index is 8.92. The minimum Gasteiger partial charge on any atom is -0.491 e. The zero-order valence-corrected chi connectivity index (χ0v) is 14.5. The zero-order chi connectivity index (χ0) is 16.8. The minimum atomic E-state index is 0.0278. The van der Waals surface area contributed by atoms with E-state index in [1.54, 1.807) is 0 Å². The summed E-state index contributed by atoms with van der Waals surface area (Å²) in [7, 11) is 0. The van der Waals surface area contributed by atoms with Gasteiger partial charge < -0.3 is 15.2 Å². The lowest BCUT2D eigenvalue weighted by molar-refractivity contribution is 0.200. The van der Waals surface area contributed by atoms with E-state index in [0.29, 0.717) is 6.61 Å². The summed E-state index contributed by atoms with van der Waals surface area (Å²) in [6.07, 6.45) is 0. The lowest BCUT2D eigenvalue weighted by Crippen LogP contribution is -2.20. The van der Waals surface area contributed by atoms with E-state index in [9.17, 15) is 0 Å². The molecule has 1 atom stereocenters. The van der Waals surface area contributed by atoms with Gasteiger partial charge in [-0.1, -0.05) is 30.3 Å². The first-order chi connectivity index (χ1) is 11.0. The Kier molecular flexibility index (Phi) is 6.20. The van der Waals surface area contributed by atoms with Crippen LogP contribution in [-0.2, 0) is 6.54 Å². The van der Waals surface area contributed by atoms with Crippen LogP contribution >= 0.6 is 0 Å². The maximum Gasteiger partial charge on any atom is 0.123 e. The second kappa shape index (κ2) is 8.14. The lowest BCUT2D eigenvalue weighted by atomic mass is 9.96. The summed E-state index contributed by atoms with van der Waals surface area (Å²) in [5, 5.41) is 12.5. The van der Waals surface area contributed by atoms with Crippen molar-refractivity contribution < 1.29 is 9.84 Å². The van der Waals surface area contributed by atoms with Gasteiger partial charge in [-0.2, -0.15) is 0 Å². The molecule has 23 heavy (non-hydrogen) atoms. The molecule has 2 aromatic rings. The molecule has 1 unspecified atom stereocenters. The number of rotatable bonds is 7. The Balaban J connectivity index is 2.08. The third-order valence-corrected chi connectivity index (χ3v) is 4.27.